The van der Waals surface area contributed by atoms with Crippen molar-refractivity contribution in [1.82, 2.24) is 5.32 Å². The van der Waals surface area contributed by atoms with Crippen LogP contribution in [0.3, 0.4) is 0 Å². The molecule has 1 heterocycles. The summed E-state index contributed by atoms with van der Waals surface area (Å²) in [5, 5.41) is 57.0. The summed E-state index contributed by atoms with van der Waals surface area (Å²) in [5.41, 5.74) is 0. The molecule has 0 saturated carbocycles. The van der Waals surface area contributed by atoms with Crippen molar-refractivity contribution in [3.05, 3.63) is 60.8 Å². The molecule has 1 fully saturated rings. The van der Waals surface area contributed by atoms with Crippen LogP contribution in [0.25, 0.3) is 0 Å². The van der Waals surface area contributed by atoms with Gasteiger partial charge in [0.15, 0.2) is 12.4 Å². The number of unbranched alkanes of at least 4 members (excludes halogenated alkanes) is 33. The van der Waals surface area contributed by atoms with E-state index in [1.54, 1.807) is 6.08 Å². The molecule has 1 aliphatic rings. The number of carbonyl (C=O) groups excluding carboxylic acids is 2. The van der Waals surface area contributed by atoms with Crippen LogP contribution in [0.2, 0.25) is 0 Å². The zero-order valence-electron chi connectivity index (χ0n) is 50.3. The summed E-state index contributed by atoms with van der Waals surface area (Å²) in [6, 6.07) is -1.04. The van der Waals surface area contributed by atoms with Gasteiger partial charge in [-0.1, -0.05) is 261 Å². The van der Waals surface area contributed by atoms with E-state index in [2.05, 4.69) is 74.7 Å². The van der Waals surface area contributed by atoms with Crippen LogP contribution in [0.15, 0.2) is 60.8 Å². The van der Waals surface area contributed by atoms with E-state index in [1.807, 2.05) is 6.08 Å². The summed E-state index contributed by atoms with van der Waals surface area (Å²) in [6.07, 6.45) is 58.4. The third kappa shape index (κ3) is 42.2. The summed E-state index contributed by atoms with van der Waals surface area (Å²) in [4.78, 5) is 26.6. The molecule has 78 heavy (non-hydrogen) atoms. The molecule has 0 aromatic carbocycles. The smallest absolute Gasteiger partial charge is 0.306 e. The molecule has 11 nitrogen and oxygen atoms in total. The highest BCUT2D eigenvalue weighted by molar-refractivity contribution is 5.80. The SMILES string of the molecule is CC/C=C/C/C=C/C/C=C/CCCCCC(O)C(=O)NC(COC1OC(CO)C(O)C(O)C1OC(=O)CCCCCCCCCCCCCCC/C=C/CCCCCCCC)C(O)/C=C/CCCCCCCCCCCCC. The number of hydrogen-bond acceptors (Lipinski definition) is 10. The maximum absolute atomic E-state index is 13.4. The minimum atomic E-state index is -1.62. The Bertz CT molecular complexity index is 1500. The van der Waals surface area contributed by atoms with Gasteiger partial charge in [-0.05, 0) is 83.5 Å². The maximum Gasteiger partial charge on any atom is 0.306 e. The lowest BCUT2D eigenvalue weighted by Gasteiger charge is -2.41. The number of allylic oxidation sites excluding steroid dienone is 9. The van der Waals surface area contributed by atoms with Crippen LogP contribution in [-0.4, -0.2) is 99.6 Å². The van der Waals surface area contributed by atoms with Crippen molar-refractivity contribution in [3.8, 4) is 0 Å². The lowest BCUT2D eigenvalue weighted by molar-refractivity contribution is -0.305. The van der Waals surface area contributed by atoms with Gasteiger partial charge in [0.05, 0.1) is 25.4 Å². The fourth-order valence-corrected chi connectivity index (χ4v) is 10.0. The zero-order valence-corrected chi connectivity index (χ0v) is 50.3. The van der Waals surface area contributed by atoms with Gasteiger partial charge in [0.1, 0.15) is 24.4 Å². The van der Waals surface area contributed by atoms with Gasteiger partial charge in [-0.2, -0.15) is 0 Å². The average Bonchev–Trinajstić information content (AvgIpc) is 3.44. The van der Waals surface area contributed by atoms with Gasteiger partial charge < -0.3 is 45.1 Å². The summed E-state index contributed by atoms with van der Waals surface area (Å²) in [5.74, 6) is -1.21. The molecule has 11 heteroatoms. The van der Waals surface area contributed by atoms with E-state index in [1.165, 1.54) is 167 Å². The Morgan fingerprint density at radius 3 is 1.40 bits per heavy atom. The van der Waals surface area contributed by atoms with E-state index < -0.39 is 67.4 Å². The molecule has 0 bridgehead atoms. The van der Waals surface area contributed by atoms with E-state index in [-0.39, 0.29) is 19.4 Å². The molecule has 454 valence electrons. The number of hydrogen-bond donors (Lipinski definition) is 6. The molecule has 6 N–H and O–H groups in total. The molecule has 0 aromatic heterocycles. The van der Waals surface area contributed by atoms with Crippen LogP contribution < -0.4 is 5.32 Å². The van der Waals surface area contributed by atoms with Gasteiger partial charge in [0.25, 0.3) is 0 Å². The maximum atomic E-state index is 13.4. The molecule has 0 spiro atoms. The Kier molecular flexibility index (Phi) is 51.7. The first-order valence-electron chi connectivity index (χ1n) is 32.6. The van der Waals surface area contributed by atoms with Crippen LogP contribution in [0.5, 0.6) is 0 Å². The molecule has 0 aliphatic carbocycles. The van der Waals surface area contributed by atoms with Gasteiger partial charge >= 0.3 is 5.97 Å². The van der Waals surface area contributed by atoms with Gasteiger partial charge in [0, 0.05) is 6.42 Å². The Labute approximate surface area is 478 Å². The fraction of sp³-hybridized carbons (Fsp3) is 0.821. The lowest BCUT2D eigenvalue weighted by Crippen LogP contribution is -2.61. The summed E-state index contributed by atoms with van der Waals surface area (Å²) in [6.45, 7) is 5.67. The number of esters is 1. The second-order valence-electron chi connectivity index (χ2n) is 22.5. The molecular formula is C67H121NO10. The monoisotopic (exact) mass is 1100 g/mol. The van der Waals surface area contributed by atoms with E-state index in [4.69, 9.17) is 14.2 Å². The Morgan fingerprint density at radius 1 is 0.513 bits per heavy atom. The standard InChI is InChI=1S/C67H121NO10/c1-4-7-10-13-16-19-22-25-26-27-28-29-30-31-32-33-34-37-40-43-46-49-52-55-62(72)78-65-64(74)63(73)61(56-69)77-67(65)76-57-58(59(70)53-50-47-44-41-38-35-23-20-17-14-11-8-5-2)68-66(75)60(71)54-51-48-45-42-39-36-24-21-18-15-12-9-6-3/h9,12,18,21,25-26,36,39,50,53,58-61,63-65,67,69-71,73-74H,4-8,10-11,13-17,19-20,22-24,27-35,37-38,40-49,51-52,54-57H2,1-3H3,(H,68,75)/b12-9+,21-18+,26-25+,39-36+,53-50+. The van der Waals surface area contributed by atoms with Crippen molar-refractivity contribution >= 4 is 11.9 Å². The van der Waals surface area contributed by atoms with Crippen molar-refractivity contribution < 1.29 is 49.3 Å². The second-order valence-corrected chi connectivity index (χ2v) is 22.5. The van der Waals surface area contributed by atoms with Gasteiger partial charge in [-0.15, -0.1) is 0 Å². The van der Waals surface area contributed by atoms with Crippen LogP contribution in [0, 0.1) is 0 Å². The van der Waals surface area contributed by atoms with E-state index >= 15 is 0 Å². The van der Waals surface area contributed by atoms with E-state index in [9.17, 15) is 35.1 Å². The Balaban J connectivity index is 2.62. The predicted molar refractivity (Wildman–Crippen MR) is 324 cm³/mol. The molecule has 1 rings (SSSR count). The molecular weight excluding hydrogens is 979 g/mol. The van der Waals surface area contributed by atoms with Crippen molar-refractivity contribution in [2.24, 2.45) is 0 Å². The third-order valence-corrected chi connectivity index (χ3v) is 15.2. The Morgan fingerprint density at radius 2 is 0.923 bits per heavy atom. The highest BCUT2D eigenvalue weighted by Crippen LogP contribution is 2.26. The normalized spacial score (nSPS) is 19.3. The highest BCUT2D eigenvalue weighted by Gasteiger charge is 2.47. The first-order valence-corrected chi connectivity index (χ1v) is 32.6. The van der Waals surface area contributed by atoms with Gasteiger partial charge in [-0.3, -0.25) is 9.59 Å². The number of carbonyl (C=O) groups is 2. The van der Waals surface area contributed by atoms with E-state index in [0.717, 1.165) is 77.0 Å². The molecule has 8 atom stereocenters. The lowest BCUT2D eigenvalue weighted by atomic mass is 9.99. The summed E-state index contributed by atoms with van der Waals surface area (Å²) < 4.78 is 17.6. The van der Waals surface area contributed by atoms with Crippen LogP contribution in [-0.2, 0) is 23.8 Å². The summed E-state index contributed by atoms with van der Waals surface area (Å²) in [7, 11) is 0. The van der Waals surface area contributed by atoms with Crippen molar-refractivity contribution in [2.45, 2.75) is 339 Å². The number of rotatable bonds is 55. The highest BCUT2D eigenvalue weighted by atomic mass is 16.7. The fourth-order valence-electron chi connectivity index (χ4n) is 10.0. The second kappa shape index (κ2) is 54.9. The molecule has 1 amide bonds. The number of amides is 1. The number of ether oxygens (including phenoxy) is 3. The number of aliphatic hydroxyl groups is 5. The number of aliphatic hydroxyl groups excluding tert-OH is 5. The molecule has 0 radical (unpaired) electrons. The first-order chi connectivity index (χ1) is 38.2. The van der Waals surface area contributed by atoms with Crippen molar-refractivity contribution in [3.63, 3.8) is 0 Å². The molecule has 1 aliphatic heterocycles. The molecule has 1 saturated heterocycles. The van der Waals surface area contributed by atoms with E-state index in [0.29, 0.717) is 12.8 Å². The molecule has 8 unspecified atom stereocenters. The van der Waals surface area contributed by atoms with Gasteiger partial charge in [-0.25, -0.2) is 0 Å². The third-order valence-electron chi connectivity index (χ3n) is 15.2. The zero-order chi connectivity index (χ0) is 56.8. The minimum absolute atomic E-state index is 0.121. The topological polar surface area (TPSA) is 175 Å². The number of nitrogens with one attached hydrogen (secondary N) is 1. The van der Waals surface area contributed by atoms with Crippen molar-refractivity contribution in [2.75, 3.05) is 13.2 Å². The largest absolute Gasteiger partial charge is 0.454 e. The first kappa shape index (κ1) is 73.4. The predicted octanol–water partition coefficient (Wildman–Crippen LogP) is 15.8. The average molecular weight is 1100 g/mol. The van der Waals surface area contributed by atoms with Crippen LogP contribution >= 0.6 is 0 Å². The molecule has 0 aromatic rings. The Hall–Kier alpha value is -2.64. The summed E-state index contributed by atoms with van der Waals surface area (Å²) >= 11 is 0. The van der Waals surface area contributed by atoms with Crippen molar-refractivity contribution in [1.29, 1.82) is 0 Å². The van der Waals surface area contributed by atoms with Crippen LogP contribution in [0.4, 0.5) is 0 Å². The minimum Gasteiger partial charge on any atom is -0.454 e. The van der Waals surface area contributed by atoms with Gasteiger partial charge in [0.2, 0.25) is 5.91 Å². The van der Waals surface area contributed by atoms with Crippen LogP contribution in [0.1, 0.15) is 290 Å². The quantitative estimate of drug-likeness (QED) is 0.0195.